The fourth-order valence-electron chi connectivity index (χ4n) is 4.11. The van der Waals surface area contributed by atoms with Gasteiger partial charge in [-0.15, -0.1) is 0 Å². The summed E-state index contributed by atoms with van der Waals surface area (Å²) < 4.78 is 13.0. The van der Waals surface area contributed by atoms with E-state index in [4.69, 9.17) is 0 Å². The number of piperidine rings is 2. The Hall–Kier alpha value is -2.57. The second-order valence-corrected chi connectivity index (χ2v) is 7.26. The Balaban J connectivity index is 1.42. The molecule has 2 fully saturated rings. The third-order valence-electron chi connectivity index (χ3n) is 5.57. The Morgan fingerprint density at radius 1 is 1.08 bits per heavy atom. The molecule has 1 spiro atoms. The average Bonchev–Trinajstić information content (AvgIpc) is 2.70. The summed E-state index contributed by atoms with van der Waals surface area (Å²) in [6, 6.07) is 3.62. The molecule has 0 aliphatic carbocycles. The SMILES string of the molecule is O=C(c1cccnc1)N1CCCC2(CCN(c3ncc(F)cn3)CC2)C1. The van der Waals surface area contributed by atoms with Gasteiger partial charge in [0.05, 0.1) is 18.0 Å². The van der Waals surface area contributed by atoms with Crippen LogP contribution in [0, 0.1) is 11.2 Å². The molecule has 0 unspecified atom stereocenters. The minimum atomic E-state index is -0.418. The van der Waals surface area contributed by atoms with Crippen LogP contribution in [0.1, 0.15) is 36.0 Å². The molecule has 26 heavy (non-hydrogen) atoms. The highest BCUT2D eigenvalue weighted by molar-refractivity contribution is 5.94. The van der Waals surface area contributed by atoms with E-state index >= 15 is 0 Å². The maximum Gasteiger partial charge on any atom is 0.255 e. The number of hydrogen-bond donors (Lipinski definition) is 0. The molecule has 4 heterocycles. The summed E-state index contributed by atoms with van der Waals surface area (Å²) in [5.74, 6) is 0.237. The summed E-state index contributed by atoms with van der Waals surface area (Å²) in [5, 5.41) is 0. The van der Waals surface area contributed by atoms with Crippen molar-refractivity contribution >= 4 is 11.9 Å². The first kappa shape index (κ1) is 16.9. The molecule has 2 aliphatic rings. The molecule has 0 radical (unpaired) electrons. The Bertz CT molecular complexity index is 759. The third-order valence-corrected chi connectivity index (χ3v) is 5.57. The summed E-state index contributed by atoms with van der Waals surface area (Å²) in [6.07, 6.45) is 9.89. The Kier molecular flexibility index (Phi) is 4.53. The van der Waals surface area contributed by atoms with E-state index in [0.29, 0.717) is 11.5 Å². The van der Waals surface area contributed by atoms with E-state index < -0.39 is 5.82 Å². The highest BCUT2D eigenvalue weighted by Gasteiger charge is 2.40. The molecule has 4 rings (SSSR count). The predicted molar refractivity (Wildman–Crippen MR) is 95.2 cm³/mol. The first-order valence-corrected chi connectivity index (χ1v) is 9.07. The lowest BCUT2D eigenvalue weighted by atomic mass is 9.72. The molecule has 0 N–H and O–H groups in total. The van der Waals surface area contributed by atoms with Gasteiger partial charge in [-0.3, -0.25) is 9.78 Å². The Morgan fingerprint density at radius 2 is 1.85 bits per heavy atom. The summed E-state index contributed by atoms with van der Waals surface area (Å²) in [4.78, 5) is 29.1. The maximum absolute atomic E-state index is 13.0. The first-order valence-electron chi connectivity index (χ1n) is 9.07. The van der Waals surface area contributed by atoms with Crippen LogP contribution >= 0.6 is 0 Å². The summed E-state index contributed by atoms with van der Waals surface area (Å²) in [5.41, 5.74) is 0.814. The van der Waals surface area contributed by atoms with Gasteiger partial charge in [-0.1, -0.05) is 0 Å². The highest BCUT2D eigenvalue weighted by atomic mass is 19.1. The zero-order valence-corrected chi connectivity index (χ0v) is 14.6. The molecule has 2 aromatic rings. The quantitative estimate of drug-likeness (QED) is 0.828. The normalized spacial score (nSPS) is 19.6. The second kappa shape index (κ2) is 6.97. The van der Waals surface area contributed by atoms with Crippen LogP contribution in [0.5, 0.6) is 0 Å². The van der Waals surface area contributed by atoms with Crippen molar-refractivity contribution in [2.45, 2.75) is 25.7 Å². The van der Waals surface area contributed by atoms with Crippen LogP contribution < -0.4 is 4.90 Å². The van der Waals surface area contributed by atoms with Gasteiger partial charge in [-0.2, -0.15) is 0 Å². The van der Waals surface area contributed by atoms with Crippen LogP contribution in [0.15, 0.2) is 36.9 Å². The van der Waals surface area contributed by atoms with Crippen LogP contribution in [0.4, 0.5) is 10.3 Å². The van der Waals surface area contributed by atoms with E-state index in [2.05, 4.69) is 19.9 Å². The number of hydrogen-bond acceptors (Lipinski definition) is 5. The van der Waals surface area contributed by atoms with Gasteiger partial charge in [0.25, 0.3) is 5.91 Å². The lowest BCUT2D eigenvalue weighted by molar-refractivity contribution is 0.0433. The number of nitrogens with zero attached hydrogens (tertiary/aromatic N) is 5. The predicted octanol–water partition coefficient (Wildman–Crippen LogP) is 2.53. The zero-order chi connectivity index (χ0) is 18.0. The standard InChI is InChI=1S/C19H22FN5O/c20-16-12-22-18(23-13-16)24-9-5-19(6-10-24)4-2-8-25(14-19)17(26)15-3-1-7-21-11-15/h1,3,7,11-13H,2,4-6,8-10,14H2. The fourth-order valence-corrected chi connectivity index (χ4v) is 4.11. The lowest BCUT2D eigenvalue weighted by Gasteiger charge is -2.47. The number of carbonyl (C=O) groups excluding carboxylic acids is 1. The number of anilines is 1. The van der Waals surface area contributed by atoms with E-state index in [-0.39, 0.29) is 11.3 Å². The fraction of sp³-hybridized carbons (Fsp3) is 0.474. The van der Waals surface area contributed by atoms with E-state index in [1.807, 2.05) is 11.0 Å². The molecule has 2 aliphatic heterocycles. The number of amides is 1. The monoisotopic (exact) mass is 355 g/mol. The van der Waals surface area contributed by atoms with Gasteiger partial charge in [-0.25, -0.2) is 14.4 Å². The molecule has 0 aromatic carbocycles. The van der Waals surface area contributed by atoms with Crippen molar-refractivity contribution in [1.29, 1.82) is 0 Å². The Labute approximate surface area is 152 Å². The second-order valence-electron chi connectivity index (χ2n) is 7.26. The molecule has 6 nitrogen and oxygen atoms in total. The number of carbonyl (C=O) groups is 1. The van der Waals surface area contributed by atoms with Crippen LogP contribution in [-0.2, 0) is 0 Å². The molecule has 0 atom stereocenters. The summed E-state index contributed by atoms with van der Waals surface area (Å²) >= 11 is 0. The van der Waals surface area contributed by atoms with Gasteiger partial charge in [0.15, 0.2) is 5.82 Å². The maximum atomic E-state index is 13.0. The molecule has 1 amide bonds. The van der Waals surface area contributed by atoms with Crippen LogP contribution in [0.25, 0.3) is 0 Å². The van der Waals surface area contributed by atoms with Crippen molar-refractivity contribution in [3.63, 3.8) is 0 Å². The smallest absolute Gasteiger partial charge is 0.255 e. The van der Waals surface area contributed by atoms with Crippen molar-refractivity contribution in [1.82, 2.24) is 19.9 Å². The molecule has 2 aromatic heterocycles. The molecule has 136 valence electrons. The van der Waals surface area contributed by atoms with Gasteiger partial charge in [-0.05, 0) is 43.2 Å². The first-order chi connectivity index (χ1) is 12.7. The topological polar surface area (TPSA) is 62.2 Å². The number of halogens is 1. The minimum absolute atomic E-state index is 0.0708. The average molecular weight is 355 g/mol. The van der Waals surface area contributed by atoms with Crippen molar-refractivity contribution in [2.75, 3.05) is 31.1 Å². The largest absolute Gasteiger partial charge is 0.341 e. The molecule has 0 saturated carbocycles. The van der Waals surface area contributed by atoms with E-state index in [9.17, 15) is 9.18 Å². The van der Waals surface area contributed by atoms with Gasteiger partial charge >= 0.3 is 0 Å². The number of likely N-dealkylation sites (tertiary alicyclic amines) is 1. The molecular weight excluding hydrogens is 333 g/mol. The van der Waals surface area contributed by atoms with Crippen LogP contribution in [0.2, 0.25) is 0 Å². The summed E-state index contributed by atoms with van der Waals surface area (Å²) in [6.45, 7) is 3.26. The molecule has 2 saturated heterocycles. The number of pyridine rings is 1. The van der Waals surface area contributed by atoms with E-state index in [0.717, 1.165) is 51.9 Å². The van der Waals surface area contributed by atoms with Crippen molar-refractivity contribution in [3.05, 3.63) is 48.3 Å². The Morgan fingerprint density at radius 3 is 2.54 bits per heavy atom. The third kappa shape index (κ3) is 3.38. The highest BCUT2D eigenvalue weighted by Crippen LogP contribution is 2.40. The van der Waals surface area contributed by atoms with Crippen molar-refractivity contribution in [3.8, 4) is 0 Å². The van der Waals surface area contributed by atoms with Crippen LogP contribution in [-0.4, -0.2) is 51.9 Å². The lowest BCUT2D eigenvalue weighted by Crippen LogP contribution is -2.51. The summed E-state index contributed by atoms with van der Waals surface area (Å²) in [7, 11) is 0. The van der Waals surface area contributed by atoms with Gasteiger partial charge in [0.1, 0.15) is 0 Å². The van der Waals surface area contributed by atoms with Gasteiger partial charge < -0.3 is 9.80 Å². The molecular formula is C19H22FN5O. The van der Waals surface area contributed by atoms with Gasteiger partial charge in [0, 0.05) is 38.6 Å². The van der Waals surface area contributed by atoms with Crippen molar-refractivity contribution < 1.29 is 9.18 Å². The number of rotatable bonds is 2. The van der Waals surface area contributed by atoms with E-state index in [1.165, 1.54) is 12.4 Å². The van der Waals surface area contributed by atoms with Crippen LogP contribution in [0.3, 0.4) is 0 Å². The number of aromatic nitrogens is 3. The minimum Gasteiger partial charge on any atom is -0.341 e. The zero-order valence-electron chi connectivity index (χ0n) is 14.6. The van der Waals surface area contributed by atoms with E-state index in [1.54, 1.807) is 18.5 Å². The van der Waals surface area contributed by atoms with Gasteiger partial charge in [0.2, 0.25) is 5.95 Å². The molecule has 0 bridgehead atoms. The molecule has 7 heteroatoms. The van der Waals surface area contributed by atoms with Crippen molar-refractivity contribution in [2.24, 2.45) is 5.41 Å².